The first kappa shape index (κ1) is 39.6. The molecular weight excluding hydrogens is 536 g/mol. The second kappa shape index (κ2) is 28.0. The Morgan fingerprint density at radius 1 is 0.651 bits per heavy atom. The molecule has 5 nitrogen and oxygen atoms in total. The first-order valence-corrected chi connectivity index (χ1v) is 18.4. The van der Waals surface area contributed by atoms with E-state index in [2.05, 4.69) is 52.0 Å². The minimum atomic E-state index is -0.388. The van der Waals surface area contributed by atoms with Gasteiger partial charge in [-0.25, -0.2) is 9.78 Å². The summed E-state index contributed by atoms with van der Waals surface area (Å²) in [6.07, 6.45) is 35.2. The molecule has 0 radical (unpaired) electrons. The summed E-state index contributed by atoms with van der Waals surface area (Å²) in [4.78, 5) is 37.1. The van der Waals surface area contributed by atoms with Crippen molar-refractivity contribution in [2.45, 2.75) is 194 Å². The van der Waals surface area contributed by atoms with Crippen molar-refractivity contribution in [3.8, 4) is 0 Å². The molecule has 4 unspecified atom stereocenters. The van der Waals surface area contributed by atoms with Crippen LogP contribution in [-0.2, 0) is 24.1 Å². The SMILES string of the molecule is CCCCC/C=C/CCC(CCCCCCC)OOC(/C=C/CCCCC)CC(CCCCCCC)C1CC(=O)OC1=O. The number of unbranched alkanes of at least 4 members (excludes halogenated alkanes) is 14. The number of ether oxygens (including phenoxy) is 1. The Morgan fingerprint density at radius 3 is 1.81 bits per heavy atom. The van der Waals surface area contributed by atoms with E-state index in [1.807, 2.05) is 0 Å². The molecule has 0 N–H and O–H groups in total. The number of carbonyl (C=O) groups excluding carboxylic acids is 2. The lowest BCUT2D eigenvalue weighted by atomic mass is 9.82. The minimum absolute atomic E-state index is 0.0491. The average molecular weight is 605 g/mol. The fraction of sp³-hybridized carbons (Fsp3) is 0.842. The number of hydrogen-bond acceptors (Lipinski definition) is 5. The molecule has 0 bridgehead atoms. The summed E-state index contributed by atoms with van der Waals surface area (Å²) in [5, 5.41) is 0. The van der Waals surface area contributed by atoms with Crippen molar-refractivity contribution in [3.05, 3.63) is 24.3 Å². The number of carbonyl (C=O) groups is 2. The van der Waals surface area contributed by atoms with Gasteiger partial charge in [-0.05, 0) is 63.7 Å². The van der Waals surface area contributed by atoms with E-state index in [1.165, 1.54) is 77.0 Å². The van der Waals surface area contributed by atoms with Gasteiger partial charge in [0.2, 0.25) is 0 Å². The molecule has 43 heavy (non-hydrogen) atoms. The summed E-state index contributed by atoms with van der Waals surface area (Å²) >= 11 is 0. The molecule has 0 amide bonds. The van der Waals surface area contributed by atoms with Crippen LogP contribution in [0.3, 0.4) is 0 Å². The standard InChI is InChI=1S/C38H68O5/c1-5-9-13-17-18-22-25-29-34(28-24-20-15-11-7-3)42-43-35(30-26-21-16-12-8-4)31-33(27-23-19-14-10-6-2)36-32-37(39)41-38(36)40/h18,22,26,30,33-36H,5-17,19-21,23-25,27-29,31-32H2,1-4H3/b22-18+,30-26+. The summed E-state index contributed by atoms with van der Waals surface area (Å²) in [5.74, 6) is -1.06. The normalized spacial score (nSPS) is 17.7. The van der Waals surface area contributed by atoms with Gasteiger partial charge in [-0.1, -0.05) is 142 Å². The van der Waals surface area contributed by atoms with Gasteiger partial charge in [-0.2, -0.15) is 0 Å². The quantitative estimate of drug-likeness (QED) is 0.0204. The van der Waals surface area contributed by atoms with E-state index >= 15 is 0 Å². The summed E-state index contributed by atoms with van der Waals surface area (Å²) < 4.78 is 4.99. The van der Waals surface area contributed by atoms with E-state index < -0.39 is 0 Å². The van der Waals surface area contributed by atoms with Crippen LogP contribution < -0.4 is 0 Å². The Labute approximate surface area is 265 Å². The van der Waals surface area contributed by atoms with Gasteiger partial charge in [0.25, 0.3) is 0 Å². The Bertz CT molecular complexity index is 730. The Hall–Kier alpha value is -1.46. The molecule has 1 aliphatic heterocycles. The van der Waals surface area contributed by atoms with Crippen LogP contribution in [0.4, 0.5) is 0 Å². The highest BCUT2D eigenvalue weighted by atomic mass is 17.2. The molecule has 250 valence electrons. The molecule has 0 aliphatic carbocycles. The third kappa shape index (κ3) is 21.0. The van der Waals surface area contributed by atoms with Crippen LogP contribution in [0.5, 0.6) is 0 Å². The maximum atomic E-state index is 12.6. The molecule has 1 heterocycles. The van der Waals surface area contributed by atoms with E-state index in [4.69, 9.17) is 14.5 Å². The van der Waals surface area contributed by atoms with Crippen LogP contribution in [-0.4, -0.2) is 24.1 Å². The molecule has 1 rings (SSSR count). The maximum absolute atomic E-state index is 12.6. The van der Waals surface area contributed by atoms with Gasteiger partial charge < -0.3 is 4.74 Å². The van der Waals surface area contributed by atoms with Crippen LogP contribution in [0.2, 0.25) is 0 Å². The predicted molar refractivity (Wildman–Crippen MR) is 180 cm³/mol. The lowest BCUT2D eigenvalue weighted by molar-refractivity contribution is -0.346. The molecule has 1 saturated heterocycles. The van der Waals surface area contributed by atoms with Crippen molar-refractivity contribution in [1.82, 2.24) is 0 Å². The van der Waals surface area contributed by atoms with Gasteiger partial charge in [0.15, 0.2) is 0 Å². The van der Waals surface area contributed by atoms with Gasteiger partial charge in [0.05, 0.1) is 18.4 Å². The predicted octanol–water partition coefficient (Wildman–Crippen LogP) is 11.5. The molecule has 1 aliphatic rings. The first-order chi connectivity index (χ1) is 21.0. The summed E-state index contributed by atoms with van der Waals surface area (Å²) in [6, 6.07) is 0. The second-order valence-electron chi connectivity index (χ2n) is 12.8. The van der Waals surface area contributed by atoms with Crippen molar-refractivity contribution in [1.29, 1.82) is 0 Å². The van der Waals surface area contributed by atoms with Crippen LogP contribution >= 0.6 is 0 Å². The lowest BCUT2D eigenvalue weighted by Gasteiger charge is -2.25. The van der Waals surface area contributed by atoms with E-state index in [1.54, 1.807) is 0 Å². The topological polar surface area (TPSA) is 61.8 Å². The molecule has 0 spiro atoms. The largest absolute Gasteiger partial charge is 0.393 e. The highest BCUT2D eigenvalue weighted by Crippen LogP contribution is 2.33. The Kier molecular flexibility index (Phi) is 25.8. The minimum Gasteiger partial charge on any atom is -0.393 e. The zero-order valence-corrected chi connectivity index (χ0v) is 28.6. The van der Waals surface area contributed by atoms with Crippen molar-refractivity contribution >= 4 is 11.9 Å². The van der Waals surface area contributed by atoms with Crippen LogP contribution in [0, 0.1) is 11.8 Å². The monoisotopic (exact) mass is 605 g/mol. The summed E-state index contributed by atoms with van der Waals surface area (Å²) in [5.41, 5.74) is 0. The van der Waals surface area contributed by atoms with Crippen molar-refractivity contribution in [3.63, 3.8) is 0 Å². The second-order valence-corrected chi connectivity index (χ2v) is 12.8. The average Bonchev–Trinajstić information content (AvgIpc) is 3.34. The van der Waals surface area contributed by atoms with Gasteiger partial charge in [-0.3, -0.25) is 9.59 Å². The lowest BCUT2D eigenvalue weighted by Crippen LogP contribution is -2.26. The van der Waals surface area contributed by atoms with Crippen molar-refractivity contribution < 1.29 is 24.1 Å². The zero-order valence-electron chi connectivity index (χ0n) is 28.6. The van der Waals surface area contributed by atoms with Gasteiger partial charge in [-0.15, -0.1) is 0 Å². The Morgan fingerprint density at radius 2 is 1.21 bits per heavy atom. The molecule has 5 heteroatoms. The van der Waals surface area contributed by atoms with Crippen LogP contribution in [0.25, 0.3) is 0 Å². The maximum Gasteiger partial charge on any atom is 0.317 e. The van der Waals surface area contributed by atoms with Gasteiger partial charge in [0.1, 0.15) is 6.10 Å². The number of esters is 2. The highest BCUT2D eigenvalue weighted by molar-refractivity contribution is 5.94. The third-order valence-electron chi connectivity index (χ3n) is 8.75. The first-order valence-electron chi connectivity index (χ1n) is 18.4. The number of rotatable bonds is 30. The zero-order chi connectivity index (χ0) is 31.4. The van der Waals surface area contributed by atoms with E-state index in [9.17, 15) is 9.59 Å². The summed E-state index contributed by atoms with van der Waals surface area (Å²) in [7, 11) is 0. The summed E-state index contributed by atoms with van der Waals surface area (Å²) in [6.45, 7) is 8.94. The number of hydrogen-bond donors (Lipinski definition) is 0. The smallest absolute Gasteiger partial charge is 0.317 e. The molecule has 1 fully saturated rings. The number of allylic oxidation sites excluding steroid dienone is 3. The van der Waals surface area contributed by atoms with Crippen LogP contribution in [0.15, 0.2) is 24.3 Å². The Balaban J connectivity index is 2.89. The fourth-order valence-electron chi connectivity index (χ4n) is 5.95. The third-order valence-corrected chi connectivity index (χ3v) is 8.75. The molecule has 0 aromatic carbocycles. The van der Waals surface area contributed by atoms with Crippen molar-refractivity contribution in [2.75, 3.05) is 0 Å². The van der Waals surface area contributed by atoms with Crippen LogP contribution in [0.1, 0.15) is 182 Å². The van der Waals surface area contributed by atoms with Gasteiger partial charge >= 0.3 is 11.9 Å². The fourth-order valence-corrected chi connectivity index (χ4v) is 5.95. The molecule has 0 aromatic rings. The van der Waals surface area contributed by atoms with Gasteiger partial charge in [0, 0.05) is 0 Å². The van der Waals surface area contributed by atoms with Crippen molar-refractivity contribution in [2.24, 2.45) is 11.8 Å². The van der Waals surface area contributed by atoms with E-state index in [0.717, 1.165) is 64.2 Å². The van der Waals surface area contributed by atoms with E-state index in [0.29, 0.717) is 6.42 Å². The van der Waals surface area contributed by atoms with E-state index in [-0.39, 0.29) is 42.4 Å². The molecule has 0 aromatic heterocycles. The highest BCUT2D eigenvalue weighted by Gasteiger charge is 2.39. The molecule has 0 saturated carbocycles. The molecular formula is C38H68O5. The molecule has 4 atom stereocenters. The number of cyclic esters (lactones) is 2.